The lowest BCUT2D eigenvalue weighted by molar-refractivity contribution is -0.137. The summed E-state index contributed by atoms with van der Waals surface area (Å²) in [7, 11) is 0. The number of hydrogen-bond acceptors (Lipinski definition) is 4. The minimum atomic E-state index is -4.55. The van der Waals surface area contributed by atoms with Crippen molar-refractivity contribution < 1.29 is 18.0 Å². The highest BCUT2D eigenvalue weighted by molar-refractivity contribution is 5.95. The van der Waals surface area contributed by atoms with Crippen molar-refractivity contribution in [3.63, 3.8) is 0 Å². The van der Waals surface area contributed by atoms with Gasteiger partial charge in [0.1, 0.15) is 0 Å². The van der Waals surface area contributed by atoms with Crippen molar-refractivity contribution in [3.8, 4) is 0 Å². The number of rotatable bonds is 4. The van der Waals surface area contributed by atoms with Crippen LogP contribution in [-0.4, -0.2) is 35.5 Å². The Morgan fingerprint density at radius 1 is 1.12 bits per heavy atom. The van der Waals surface area contributed by atoms with Gasteiger partial charge in [0.05, 0.1) is 11.1 Å². The average Bonchev–Trinajstić information content (AvgIpc) is 2.66. The smallest absolute Gasteiger partial charge is 0.352 e. The summed E-state index contributed by atoms with van der Waals surface area (Å²) in [5.74, 6) is 0.206. The number of alkyl halides is 3. The maximum atomic E-state index is 13.0. The molecule has 1 fully saturated rings. The van der Waals surface area contributed by atoms with E-state index in [1.54, 1.807) is 18.5 Å². The second-order valence-corrected chi connectivity index (χ2v) is 6.23. The van der Waals surface area contributed by atoms with Crippen molar-refractivity contribution in [2.24, 2.45) is 5.92 Å². The van der Waals surface area contributed by atoms with Crippen LogP contribution in [0, 0.1) is 5.92 Å². The Bertz CT molecular complexity index is 744. The molecule has 0 unspecified atom stereocenters. The van der Waals surface area contributed by atoms with E-state index in [1.807, 2.05) is 0 Å². The van der Waals surface area contributed by atoms with Crippen molar-refractivity contribution in [3.05, 3.63) is 53.9 Å². The molecule has 0 aliphatic carbocycles. The van der Waals surface area contributed by atoms with Crippen LogP contribution in [0.3, 0.4) is 0 Å². The van der Waals surface area contributed by atoms with Crippen LogP contribution in [0.15, 0.2) is 42.7 Å². The number of amides is 1. The average molecular weight is 364 g/mol. The van der Waals surface area contributed by atoms with Crippen LogP contribution in [-0.2, 0) is 6.18 Å². The number of benzene rings is 1. The van der Waals surface area contributed by atoms with Gasteiger partial charge < -0.3 is 10.2 Å². The summed E-state index contributed by atoms with van der Waals surface area (Å²) < 4.78 is 39.0. The van der Waals surface area contributed by atoms with Crippen molar-refractivity contribution in [1.82, 2.24) is 15.3 Å². The van der Waals surface area contributed by atoms with Gasteiger partial charge in [-0.05, 0) is 37.0 Å². The van der Waals surface area contributed by atoms with Gasteiger partial charge in [0.15, 0.2) is 0 Å². The molecule has 0 bridgehead atoms. The molecule has 26 heavy (non-hydrogen) atoms. The normalized spacial score (nSPS) is 15.7. The molecular weight excluding hydrogens is 345 g/mol. The van der Waals surface area contributed by atoms with Crippen LogP contribution in [0.4, 0.5) is 19.1 Å². The van der Waals surface area contributed by atoms with Crippen LogP contribution < -0.4 is 10.2 Å². The monoisotopic (exact) mass is 364 g/mol. The molecule has 1 aliphatic heterocycles. The Labute approximate surface area is 149 Å². The Balaban J connectivity index is 1.54. The number of halogens is 3. The van der Waals surface area contributed by atoms with E-state index in [0.717, 1.165) is 32.0 Å². The van der Waals surface area contributed by atoms with E-state index in [1.165, 1.54) is 18.2 Å². The molecule has 3 rings (SSSR count). The summed E-state index contributed by atoms with van der Waals surface area (Å²) in [5, 5.41) is 2.65. The molecule has 1 aliphatic rings. The van der Waals surface area contributed by atoms with Crippen molar-refractivity contribution >= 4 is 11.9 Å². The van der Waals surface area contributed by atoms with Gasteiger partial charge in [0, 0.05) is 32.0 Å². The Hall–Kier alpha value is -2.64. The van der Waals surface area contributed by atoms with E-state index < -0.39 is 17.6 Å². The Morgan fingerprint density at radius 2 is 1.77 bits per heavy atom. The summed E-state index contributed by atoms with van der Waals surface area (Å²) in [5.41, 5.74) is -1.25. The number of hydrogen-bond donors (Lipinski definition) is 1. The standard InChI is InChI=1S/C18H19F3N4O/c19-18(20,21)15-5-2-1-4-14(15)16(26)24-12-13-6-10-25(11-7-13)17-22-8-3-9-23-17/h1-5,8-9,13H,6-7,10-12H2,(H,24,26). The van der Waals surface area contributed by atoms with Crippen LogP contribution in [0.5, 0.6) is 0 Å². The number of carbonyl (C=O) groups is 1. The minimum Gasteiger partial charge on any atom is -0.352 e. The molecule has 0 radical (unpaired) electrons. The highest BCUT2D eigenvalue weighted by Gasteiger charge is 2.35. The Kier molecular flexibility index (Phi) is 5.39. The molecule has 8 heteroatoms. The van der Waals surface area contributed by atoms with Crippen LogP contribution in [0.1, 0.15) is 28.8 Å². The molecule has 1 aromatic heterocycles. The summed E-state index contributed by atoms with van der Waals surface area (Å²) in [6.07, 6.45) is 0.466. The second-order valence-electron chi connectivity index (χ2n) is 6.23. The molecule has 0 saturated carbocycles. The van der Waals surface area contributed by atoms with Crippen molar-refractivity contribution in [2.45, 2.75) is 19.0 Å². The molecule has 0 spiro atoms. The van der Waals surface area contributed by atoms with Gasteiger partial charge in [-0.25, -0.2) is 9.97 Å². The largest absolute Gasteiger partial charge is 0.417 e. The van der Waals surface area contributed by atoms with Gasteiger partial charge >= 0.3 is 6.18 Å². The first kappa shape index (κ1) is 18.2. The number of anilines is 1. The third kappa shape index (κ3) is 4.30. The summed E-state index contributed by atoms with van der Waals surface area (Å²) in [6, 6.07) is 6.59. The Morgan fingerprint density at radius 3 is 2.42 bits per heavy atom. The SMILES string of the molecule is O=C(NCC1CCN(c2ncccn2)CC1)c1ccccc1C(F)(F)F. The molecule has 138 valence electrons. The van der Waals surface area contributed by atoms with Crippen LogP contribution in [0.2, 0.25) is 0 Å². The lowest BCUT2D eigenvalue weighted by Crippen LogP contribution is -2.39. The topological polar surface area (TPSA) is 58.1 Å². The zero-order valence-corrected chi connectivity index (χ0v) is 14.0. The van der Waals surface area contributed by atoms with Crippen LogP contribution in [0.25, 0.3) is 0 Å². The molecule has 1 amide bonds. The van der Waals surface area contributed by atoms with Gasteiger partial charge in [-0.1, -0.05) is 12.1 Å². The van der Waals surface area contributed by atoms with E-state index in [4.69, 9.17) is 0 Å². The first-order valence-corrected chi connectivity index (χ1v) is 8.41. The molecule has 5 nitrogen and oxygen atoms in total. The lowest BCUT2D eigenvalue weighted by Gasteiger charge is -2.32. The summed E-state index contributed by atoms with van der Waals surface area (Å²) >= 11 is 0. The first-order chi connectivity index (χ1) is 12.4. The van der Waals surface area contributed by atoms with Gasteiger partial charge in [-0.15, -0.1) is 0 Å². The molecule has 0 atom stereocenters. The van der Waals surface area contributed by atoms with Gasteiger partial charge in [0.25, 0.3) is 5.91 Å². The zero-order chi connectivity index (χ0) is 18.6. The van der Waals surface area contributed by atoms with E-state index in [-0.39, 0.29) is 11.5 Å². The zero-order valence-electron chi connectivity index (χ0n) is 14.0. The first-order valence-electron chi connectivity index (χ1n) is 8.41. The van der Waals surface area contributed by atoms with Crippen molar-refractivity contribution in [2.75, 3.05) is 24.5 Å². The summed E-state index contributed by atoms with van der Waals surface area (Å²) in [6.45, 7) is 1.86. The fourth-order valence-electron chi connectivity index (χ4n) is 3.05. The van der Waals surface area contributed by atoms with Crippen LogP contribution >= 0.6 is 0 Å². The number of nitrogens with zero attached hydrogens (tertiary/aromatic N) is 3. The van der Waals surface area contributed by atoms with Gasteiger partial charge in [-0.2, -0.15) is 13.2 Å². The fraction of sp³-hybridized carbons (Fsp3) is 0.389. The highest BCUT2D eigenvalue weighted by Crippen LogP contribution is 2.31. The van der Waals surface area contributed by atoms with Gasteiger partial charge in [-0.3, -0.25) is 4.79 Å². The second kappa shape index (κ2) is 7.72. The molecular formula is C18H19F3N4O. The lowest BCUT2D eigenvalue weighted by atomic mass is 9.96. The molecule has 2 aromatic rings. The predicted octanol–water partition coefficient (Wildman–Crippen LogP) is 3.14. The highest BCUT2D eigenvalue weighted by atomic mass is 19.4. The minimum absolute atomic E-state index is 0.219. The predicted molar refractivity (Wildman–Crippen MR) is 90.7 cm³/mol. The third-order valence-corrected chi connectivity index (χ3v) is 4.48. The van der Waals surface area contributed by atoms with E-state index in [0.29, 0.717) is 12.5 Å². The fourth-order valence-corrected chi connectivity index (χ4v) is 3.05. The number of nitrogens with one attached hydrogen (secondary N) is 1. The quantitative estimate of drug-likeness (QED) is 0.906. The molecule has 1 saturated heterocycles. The van der Waals surface area contributed by atoms with Gasteiger partial charge in [0.2, 0.25) is 5.95 Å². The van der Waals surface area contributed by atoms with E-state index >= 15 is 0 Å². The summed E-state index contributed by atoms with van der Waals surface area (Å²) in [4.78, 5) is 22.7. The van der Waals surface area contributed by atoms with E-state index in [9.17, 15) is 18.0 Å². The number of piperidine rings is 1. The maximum Gasteiger partial charge on any atom is 0.417 e. The third-order valence-electron chi connectivity index (χ3n) is 4.48. The number of carbonyl (C=O) groups excluding carboxylic acids is 1. The van der Waals surface area contributed by atoms with E-state index in [2.05, 4.69) is 20.2 Å². The van der Waals surface area contributed by atoms with Crippen molar-refractivity contribution in [1.29, 1.82) is 0 Å². The number of aromatic nitrogens is 2. The maximum absolute atomic E-state index is 13.0. The molecule has 1 N–H and O–H groups in total. The molecule has 1 aromatic carbocycles. The molecule has 2 heterocycles.